The van der Waals surface area contributed by atoms with Gasteiger partial charge in [0.25, 0.3) is 5.91 Å². The first-order valence-electron chi connectivity index (χ1n) is 8.20. The normalized spacial score (nSPS) is 10.6. The summed E-state index contributed by atoms with van der Waals surface area (Å²) in [5.41, 5.74) is 2.93. The SMILES string of the molecule is Cc1cc(OCC(=O)NCc2sc(-c3ccccc3)nc2C)ccc1Cl. The standard InChI is InChI=1S/C20H19ClN2O2S/c1-13-10-16(8-9-17(13)21)25-12-19(24)22-11-18-14(2)23-20(26-18)15-6-4-3-5-7-15/h3-10H,11-12H2,1-2H3,(H,22,24). The number of hydrogen-bond donors (Lipinski definition) is 1. The van der Waals surface area contributed by atoms with Gasteiger partial charge >= 0.3 is 0 Å². The Kier molecular flexibility index (Phi) is 5.91. The number of carbonyl (C=O) groups excluding carboxylic acids is 1. The first kappa shape index (κ1) is 18.4. The number of amides is 1. The predicted octanol–water partition coefficient (Wildman–Crippen LogP) is 4.78. The Hall–Kier alpha value is -2.37. The van der Waals surface area contributed by atoms with Crippen LogP contribution in [0, 0.1) is 13.8 Å². The number of carbonyl (C=O) groups is 1. The average molecular weight is 387 g/mol. The van der Waals surface area contributed by atoms with Crippen molar-refractivity contribution in [3.8, 4) is 16.3 Å². The number of halogens is 1. The van der Waals surface area contributed by atoms with Gasteiger partial charge in [0, 0.05) is 15.5 Å². The molecule has 1 amide bonds. The molecule has 0 radical (unpaired) electrons. The first-order chi connectivity index (χ1) is 12.5. The maximum Gasteiger partial charge on any atom is 0.258 e. The lowest BCUT2D eigenvalue weighted by Gasteiger charge is -2.08. The van der Waals surface area contributed by atoms with Crippen LogP contribution in [0.25, 0.3) is 10.6 Å². The molecule has 4 nitrogen and oxygen atoms in total. The lowest BCUT2D eigenvalue weighted by atomic mass is 10.2. The van der Waals surface area contributed by atoms with Gasteiger partial charge < -0.3 is 10.1 Å². The fraction of sp³-hybridized carbons (Fsp3) is 0.200. The number of nitrogens with one attached hydrogen (secondary N) is 1. The van der Waals surface area contributed by atoms with E-state index in [1.165, 1.54) is 0 Å². The van der Waals surface area contributed by atoms with E-state index in [4.69, 9.17) is 16.3 Å². The minimum absolute atomic E-state index is 0.0372. The van der Waals surface area contributed by atoms with Gasteiger partial charge in [-0.15, -0.1) is 11.3 Å². The molecule has 1 aromatic heterocycles. The summed E-state index contributed by atoms with van der Waals surface area (Å²) < 4.78 is 5.51. The Bertz CT molecular complexity index is 909. The molecule has 0 aliphatic rings. The lowest BCUT2D eigenvalue weighted by molar-refractivity contribution is -0.123. The molecule has 0 bridgehead atoms. The van der Waals surface area contributed by atoms with Crippen molar-refractivity contribution < 1.29 is 9.53 Å². The van der Waals surface area contributed by atoms with Gasteiger partial charge in [0.15, 0.2) is 6.61 Å². The van der Waals surface area contributed by atoms with E-state index in [1.54, 1.807) is 23.5 Å². The summed E-state index contributed by atoms with van der Waals surface area (Å²) in [5.74, 6) is 0.453. The van der Waals surface area contributed by atoms with Crippen LogP contribution in [-0.2, 0) is 11.3 Å². The van der Waals surface area contributed by atoms with Crippen molar-refractivity contribution in [3.63, 3.8) is 0 Å². The van der Waals surface area contributed by atoms with E-state index in [0.717, 1.165) is 26.7 Å². The smallest absolute Gasteiger partial charge is 0.258 e. The maximum absolute atomic E-state index is 12.1. The topological polar surface area (TPSA) is 51.2 Å². The molecular formula is C20H19ClN2O2S. The van der Waals surface area contributed by atoms with Crippen LogP contribution < -0.4 is 10.1 Å². The minimum atomic E-state index is -0.174. The molecule has 0 saturated heterocycles. The second-order valence-electron chi connectivity index (χ2n) is 5.87. The van der Waals surface area contributed by atoms with Gasteiger partial charge in [-0.05, 0) is 37.6 Å². The van der Waals surface area contributed by atoms with Crippen molar-refractivity contribution in [1.82, 2.24) is 10.3 Å². The van der Waals surface area contributed by atoms with Crippen LogP contribution in [0.3, 0.4) is 0 Å². The van der Waals surface area contributed by atoms with Crippen molar-refractivity contribution in [2.45, 2.75) is 20.4 Å². The van der Waals surface area contributed by atoms with E-state index < -0.39 is 0 Å². The second-order valence-corrected chi connectivity index (χ2v) is 7.36. The average Bonchev–Trinajstić information content (AvgIpc) is 3.02. The van der Waals surface area contributed by atoms with Crippen LogP contribution in [0.4, 0.5) is 0 Å². The minimum Gasteiger partial charge on any atom is -0.484 e. The van der Waals surface area contributed by atoms with E-state index in [9.17, 15) is 4.79 Å². The highest BCUT2D eigenvalue weighted by Gasteiger charge is 2.11. The third-order valence-corrected chi connectivity index (χ3v) is 5.49. The molecule has 2 aromatic carbocycles. The molecule has 0 aliphatic heterocycles. The highest BCUT2D eigenvalue weighted by atomic mass is 35.5. The van der Waals surface area contributed by atoms with Crippen LogP contribution in [0.5, 0.6) is 5.75 Å². The molecule has 1 N–H and O–H groups in total. The molecule has 0 aliphatic carbocycles. The maximum atomic E-state index is 12.1. The summed E-state index contributed by atoms with van der Waals surface area (Å²) in [5, 5.41) is 4.52. The van der Waals surface area contributed by atoms with E-state index in [-0.39, 0.29) is 12.5 Å². The molecule has 134 valence electrons. The van der Waals surface area contributed by atoms with Crippen LogP contribution in [0.1, 0.15) is 16.1 Å². The third kappa shape index (κ3) is 4.62. The fourth-order valence-electron chi connectivity index (χ4n) is 2.38. The van der Waals surface area contributed by atoms with Crippen LogP contribution in [-0.4, -0.2) is 17.5 Å². The number of aryl methyl sites for hydroxylation is 2. The zero-order valence-corrected chi connectivity index (χ0v) is 16.2. The Morgan fingerprint density at radius 2 is 1.96 bits per heavy atom. The first-order valence-corrected chi connectivity index (χ1v) is 9.40. The van der Waals surface area contributed by atoms with Crippen LogP contribution >= 0.6 is 22.9 Å². The van der Waals surface area contributed by atoms with Gasteiger partial charge in [0.2, 0.25) is 0 Å². The monoisotopic (exact) mass is 386 g/mol. The Balaban J connectivity index is 1.54. The molecular weight excluding hydrogens is 368 g/mol. The van der Waals surface area contributed by atoms with Gasteiger partial charge in [0.05, 0.1) is 12.2 Å². The number of nitrogens with zero attached hydrogens (tertiary/aromatic N) is 1. The van der Waals surface area contributed by atoms with Crippen molar-refractivity contribution in [2.24, 2.45) is 0 Å². The molecule has 1 heterocycles. The summed E-state index contributed by atoms with van der Waals surface area (Å²) in [4.78, 5) is 17.7. The van der Waals surface area contributed by atoms with Crippen molar-refractivity contribution in [1.29, 1.82) is 0 Å². The number of aromatic nitrogens is 1. The predicted molar refractivity (Wildman–Crippen MR) is 106 cm³/mol. The summed E-state index contributed by atoms with van der Waals surface area (Å²) >= 11 is 7.57. The molecule has 0 fully saturated rings. The number of rotatable bonds is 6. The van der Waals surface area contributed by atoms with E-state index in [0.29, 0.717) is 17.3 Å². The summed E-state index contributed by atoms with van der Waals surface area (Å²) in [6, 6.07) is 15.3. The highest BCUT2D eigenvalue weighted by molar-refractivity contribution is 7.15. The molecule has 0 spiro atoms. The van der Waals surface area contributed by atoms with E-state index in [1.807, 2.05) is 50.2 Å². The summed E-state index contributed by atoms with van der Waals surface area (Å²) in [6.45, 7) is 4.26. The quantitative estimate of drug-likeness (QED) is 0.663. The number of benzene rings is 2. The van der Waals surface area contributed by atoms with E-state index in [2.05, 4.69) is 10.3 Å². The van der Waals surface area contributed by atoms with Crippen molar-refractivity contribution in [3.05, 3.63) is 69.7 Å². The Labute approximate surface area is 161 Å². The van der Waals surface area contributed by atoms with Crippen molar-refractivity contribution in [2.75, 3.05) is 6.61 Å². The van der Waals surface area contributed by atoms with Gasteiger partial charge in [-0.2, -0.15) is 0 Å². The van der Waals surface area contributed by atoms with Gasteiger partial charge in [-0.25, -0.2) is 4.98 Å². The van der Waals surface area contributed by atoms with Crippen molar-refractivity contribution >= 4 is 28.8 Å². The molecule has 0 unspecified atom stereocenters. The number of hydrogen-bond acceptors (Lipinski definition) is 4. The lowest BCUT2D eigenvalue weighted by Crippen LogP contribution is -2.28. The zero-order valence-electron chi connectivity index (χ0n) is 14.6. The second kappa shape index (κ2) is 8.34. The molecule has 0 atom stereocenters. The van der Waals surface area contributed by atoms with Crippen LogP contribution in [0.2, 0.25) is 5.02 Å². The Morgan fingerprint density at radius 3 is 2.69 bits per heavy atom. The van der Waals surface area contributed by atoms with Gasteiger partial charge in [0.1, 0.15) is 10.8 Å². The molecule has 0 saturated carbocycles. The summed E-state index contributed by atoms with van der Waals surface area (Å²) in [7, 11) is 0. The number of ether oxygens (including phenoxy) is 1. The van der Waals surface area contributed by atoms with Crippen LogP contribution in [0.15, 0.2) is 48.5 Å². The molecule has 3 aromatic rings. The summed E-state index contributed by atoms with van der Waals surface area (Å²) in [6.07, 6.45) is 0. The largest absolute Gasteiger partial charge is 0.484 e. The fourth-order valence-corrected chi connectivity index (χ4v) is 3.51. The van der Waals surface area contributed by atoms with E-state index >= 15 is 0 Å². The molecule has 3 rings (SSSR count). The third-order valence-electron chi connectivity index (χ3n) is 3.86. The van der Waals surface area contributed by atoms with Gasteiger partial charge in [-0.1, -0.05) is 41.9 Å². The molecule has 26 heavy (non-hydrogen) atoms. The number of thiazole rings is 1. The molecule has 6 heteroatoms. The highest BCUT2D eigenvalue weighted by Crippen LogP contribution is 2.27. The Morgan fingerprint density at radius 1 is 1.19 bits per heavy atom. The van der Waals surface area contributed by atoms with Gasteiger partial charge in [-0.3, -0.25) is 4.79 Å². The zero-order chi connectivity index (χ0) is 18.5.